The Morgan fingerprint density at radius 2 is 0.400 bits per heavy atom. The Hall–Kier alpha value is -6.54. The van der Waals surface area contributed by atoms with Crippen LogP contribution in [0, 0.1) is 0 Å². The van der Waals surface area contributed by atoms with Crippen molar-refractivity contribution in [2.24, 2.45) is 0 Å². The highest BCUT2D eigenvalue weighted by molar-refractivity contribution is 8.06. The third-order valence-electron chi connectivity index (χ3n) is 14.1. The highest BCUT2D eigenvalue weighted by atomic mass is 35.6. The first-order valence-corrected chi connectivity index (χ1v) is 36.3. The van der Waals surface area contributed by atoms with E-state index in [1.165, 1.54) is 63.7 Å². The average Bonchev–Trinajstić information content (AvgIpc) is 1.57. The summed E-state index contributed by atoms with van der Waals surface area (Å²) < 4.78 is -0.656. The second kappa shape index (κ2) is 31.2. The van der Waals surface area contributed by atoms with E-state index < -0.39 is 31.8 Å². The molecule has 0 aliphatic heterocycles. The Bertz CT molecular complexity index is 3540. The molecule has 0 heterocycles. The van der Waals surface area contributed by atoms with Gasteiger partial charge in [0, 0.05) is 18.5 Å². The zero-order valence-corrected chi connectivity index (χ0v) is 54.2. The summed E-state index contributed by atoms with van der Waals surface area (Å²) in [5.41, 5.74) is 0. The van der Waals surface area contributed by atoms with Crippen LogP contribution in [0.15, 0.2) is 364 Å². The standard InChI is InChI=1S/C37H30P2.C20H18ClP.C18H15P.CCl4/c1-7-19-32(20-8-1)38(33-21-9-2-10-22-33,34-23-11-3-12-24-34)31-39(35-25-13-4-14-26-35,36-27-15-5-16-28-36)37-29-17-6-18-30-37;1-17(21)22(18-11-5-2-6-12-18,19-13-7-3-8-14-19)20-15-9-4-10-16-20;1-4-10-16(11-5-1)19(17-12-6-2-7-13-17)18-14-8-3-9-15-18;2-1(3,4)5/h1-30H;2-16H,1H3;1-15H;. The fourth-order valence-corrected chi connectivity index (χ4v) is 27.6. The highest BCUT2D eigenvalue weighted by Gasteiger charge is 2.32. The number of halogens is 5. The minimum atomic E-state index is -2.37. The van der Waals surface area contributed by atoms with Gasteiger partial charge >= 0.3 is 0 Å². The molecule has 12 aromatic carbocycles. The molecule has 0 aliphatic carbocycles. The SMILES string of the molecule is C(=P(c1ccccc1)(c1ccccc1)c1ccccc1)=P(c1ccccc1)(c1ccccc1)c1ccccc1.CC(Cl)=P(c1ccccc1)(c1ccccc1)c1ccccc1.ClC(Cl)(Cl)Cl.c1ccc(P(c2ccccc2)c2ccccc2)cc1. The van der Waals surface area contributed by atoms with Crippen molar-refractivity contribution in [3.8, 4) is 0 Å². The van der Waals surface area contributed by atoms with Gasteiger partial charge in [-0.15, -0.1) is 5.17 Å². The zero-order chi connectivity index (χ0) is 59.2. The first-order valence-electron chi connectivity index (χ1n) is 27.7. The summed E-state index contributed by atoms with van der Waals surface area (Å²) in [5.74, 6) is 0. The third-order valence-corrected chi connectivity index (χ3v) is 30.3. The lowest BCUT2D eigenvalue weighted by atomic mass is 10.4. The van der Waals surface area contributed by atoms with Gasteiger partial charge in [-0.25, -0.2) is 0 Å². The second-order valence-electron chi connectivity index (χ2n) is 19.4. The number of rotatable bonds is 12. The van der Waals surface area contributed by atoms with Gasteiger partial charge in [-0.3, -0.25) is 0 Å². The van der Waals surface area contributed by atoms with Crippen LogP contribution in [0.4, 0.5) is 0 Å². The van der Waals surface area contributed by atoms with Gasteiger partial charge in [0.05, 0.1) is 0 Å². The van der Waals surface area contributed by atoms with E-state index in [1.54, 1.807) is 0 Å². The molecule has 0 fully saturated rings. The largest absolute Gasteiger partial charge is 0.266 e. The lowest BCUT2D eigenvalue weighted by Crippen LogP contribution is -2.30. The number of alkyl halides is 4. The molecule has 0 atom stereocenters. The van der Waals surface area contributed by atoms with Crippen LogP contribution in [-0.2, 0) is 0 Å². The second-order valence-corrected chi connectivity index (χ2v) is 36.0. The summed E-state index contributed by atoms with van der Waals surface area (Å²) in [7, 11) is -0.446. The third kappa shape index (κ3) is 15.7. The summed E-state index contributed by atoms with van der Waals surface area (Å²) in [5, 5.41) is 20.6. The van der Waals surface area contributed by atoms with Gasteiger partial charge in [-0.1, -0.05) is 422 Å². The molecule has 0 spiro atoms. The van der Waals surface area contributed by atoms with Crippen molar-refractivity contribution >= 4 is 160 Å². The molecule has 12 aromatic rings. The van der Waals surface area contributed by atoms with Gasteiger partial charge in [-0.05, 0) is 85.4 Å². The molecule has 422 valence electrons. The molecule has 12 rings (SSSR count). The molecular weight excluding hydrogens is 1210 g/mol. The van der Waals surface area contributed by atoms with E-state index in [1.807, 2.05) is 6.92 Å². The van der Waals surface area contributed by atoms with E-state index in [0.717, 1.165) is 4.75 Å². The Morgan fingerprint density at radius 1 is 0.259 bits per heavy atom. The molecule has 0 radical (unpaired) electrons. The van der Waals surface area contributed by atoms with Crippen LogP contribution in [0.25, 0.3) is 0 Å². The van der Waals surface area contributed by atoms with Gasteiger partial charge in [0.2, 0.25) is 0 Å². The van der Waals surface area contributed by atoms with Crippen LogP contribution < -0.4 is 63.7 Å². The predicted octanol–water partition coefficient (Wildman–Crippen LogP) is 17.0. The van der Waals surface area contributed by atoms with Crippen molar-refractivity contribution in [2.75, 3.05) is 0 Å². The van der Waals surface area contributed by atoms with Crippen molar-refractivity contribution in [2.45, 2.75) is 10.2 Å². The topological polar surface area (TPSA) is 0 Å². The van der Waals surface area contributed by atoms with E-state index in [4.69, 9.17) is 58.0 Å². The van der Waals surface area contributed by atoms with E-state index in [0.29, 0.717) is 0 Å². The first-order chi connectivity index (χ1) is 41.5. The maximum absolute atomic E-state index is 6.77. The van der Waals surface area contributed by atoms with Crippen LogP contribution in [0.5, 0.6) is 0 Å². The van der Waals surface area contributed by atoms with Crippen molar-refractivity contribution in [1.29, 1.82) is 0 Å². The molecule has 9 heteroatoms. The summed E-state index contributed by atoms with van der Waals surface area (Å²) in [6.45, 7) is -4.64. The minimum Gasteiger partial charge on any atom is -0.105 e. The summed E-state index contributed by atoms with van der Waals surface area (Å²) in [4.78, 5) is 0. The van der Waals surface area contributed by atoms with E-state index in [2.05, 4.69) is 369 Å². The molecule has 0 saturated heterocycles. The van der Waals surface area contributed by atoms with Gasteiger partial charge in [0.25, 0.3) is 3.25 Å². The number of benzene rings is 12. The smallest absolute Gasteiger partial charge is 0.105 e. The van der Waals surface area contributed by atoms with Crippen LogP contribution >= 0.6 is 86.6 Å². The number of hydrogen-bond donors (Lipinski definition) is 0. The maximum Gasteiger partial charge on any atom is 0.266 e. The van der Waals surface area contributed by atoms with Gasteiger partial charge in [-0.2, -0.15) is 0 Å². The summed E-state index contributed by atoms with van der Waals surface area (Å²) in [6, 6.07) is 131. The van der Waals surface area contributed by atoms with Crippen molar-refractivity contribution in [3.05, 3.63) is 364 Å². The van der Waals surface area contributed by atoms with E-state index in [9.17, 15) is 0 Å². The summed E-state index contributed by atoms with van der Waals surface area (Å²) in [6.07, 6.45) is 0. The Labute approximate surface area is 530 Å². The Balaban J connectivity index is 0.000000159. The molecule has 0 aliphatic rings. The van der Waals surface area contributed by atoms with Gasteiger partial charge in [0.15, 0.2) is 0 Å². The lowest BCUT2D eigenvalue weighted by Gasteiger charge is -2.32. The predicted molar refractivity (Wildman–Crippen MR) is 388 cm³/mol. The van der Waals surface area contributed by atoms with E-state index in [-0.39, 0.29) is 0 Å². The maximum atomic E-state index is 6.77. The van der Waals surface area contributed by atoms with Gasteiger partial charge < -0.3 is 0 Å². The fourth-order valence-electron chi connectivity index (χ4n) is 10.5. The van der Waals surface area contributed by atoms with Crippen molar-refractivity contribution in [1.82, 2.24) is 0 Å². The fraction of sp³-hybridized carbons (Fsp3) is 0.0263. The van der Waals surface area contributed by atoms with Gasteiger partial charge in [0.1, 0.15) is 0 Å². The zero-order valence-electron chi connectivity index (χ0n) is 46.8. The Morgan fingerprint density at radius 3 is 0.553 bits per heavy atom. The summed E-state index contributed by atoms with van der Waals surface area (Å²) >= 11 is 26.1. The van der Waals surface area contributed by atoms with E-state index >= 15 is 0 Å². The van der Waals surface area contributed by atoms with Crippen LogP contribution in [0.3, 0.4) is 0 Å². The first kappa shape index (κ1) is 63.0. The molecule has 0 saturated carbocycles. The molecule has 85 heavy (non-hydrogen) atoms. The molecular formula is C76H63Cl5P4. The minimum absolute atomic E-state index is 0.446. The number of hydrogen-bond acceptors (Lipinski definition) is 0. The molecule has 0 N–H and O–H groups in total. The van der Waals surface area contributed by atoms with Crippen molar-refractivity contribution < 1.29 is 0 Å². The quantitative estimate of drug-likeness (QED) is 0.0845. The van der Waals surface area contributed by atoms with Crippen LogP contribution in [0.1, 0.15) is 6.92 Å². The van der Waals surface area contributed by atoms with Crippen LogP contribution in [-0.4, -0.2) is 13.2 Å². The van der Waals surface area contributed by atoms with Crippen LogP contribution in [0.2, 0.25) is 0 Å². The lowest BCUT2D eigenvalue weighted by molar-refractivity contribution is 1.73. The highest BCUT2D eigenvalue weighted by Crippen LogP contribution is 2.52. The molecule has 0 amide bonds. The molecule has 0 unspecified atom stereocenters. The average molecular weight is 1280 g/mol. The molecule has 0 bridgehead atoms. The normalized spacial score (nSPS) is 11.2. The monoisotopic (exact) mass is 1270 g/mol. The Kier molecular flexibility index (Phi) is 23.1. The van der Waals surface area contributed by atoms with Crippen molar-refractivity contribution in [3.63, 3.8) is 0 Å². The molecule has 0 nitrogen and oxygen atoms in total. The molecule has 0 aromatic heterocycles.